The van der Waals surface area contributed by atoms with Crippen LogP contribution in [0.3, 0.4) is 0 Å². The zero-order valence-electron chi connectivity index (χ0n) is 30.2. The number of hydrogen-bond acceptors (Lipinski definition) is 4. The van der Waals surface area contributed by atoms with Gasteiger partial charge in [0.15, 0.2) is 17.5 Å². The Hall–Kier alpha value is -7.63. The largest absolute Gasteiger partial charge is 0.455 e. The van der Waals surface area contributed by atoms with Crippen molar-refractivity contribution in [1.82, 2.24) is 19.5 Å². The quantitative estimate of drug-likeness (QED) is 0.172. The molecular weight excluding hydrogens is 685 g/mol. The molecule has 0 bridgehead atoms. The van der Waals surface area contributed by atoms with Crippen LogP contribution in [0.4, 0.5) is 0 Å². The molecule has 3 heterocycles. The van der Waals surface area contributed by atoms with Crippen LogP contribution >= 0.6 is 0 Å². The molecular formula is C51H32N4O. The summed E-state index contributed by atoms with van der Waals surface area (Å²) in [6.45, 7) is 0. The maximum atomic E-state index is 6.68. The third kappa shape index (κ3) is 5.37. The van der Waals surface area contributed by atoms with Crippen LogP contribution in [0, 0.1) is 0 Å². The molecule has 0 aliphatic rings. The number of hydrogen-bond donors (Lipinski definition) is 0. The molecule has 0 unspecified atom stereocenters. The summed E-state index contributed by atoms with van der Waals surface area (Å²) in [6.07, 6.45) is 0. The molecule has 0 radical (unpaired) electrons. The van der Waals surface area contributed by atoms with Gasteiger partial charge < -0.3 is 8.98 Å². The van der Waals surface area contributed by atoms with Gasteiger partial charge in [0.2, 0.25) is 0 Å². The van der Waals surface area contributed by atoms with Gasteiger partial charge in [0.1, 0.15) is 11.2 Å². The first-order valence-electron chi connectivity index (χ1n) is 18.8. The van der Waals surface area contributed by atoms with Crippen LogP contribution in [-0.4, -0.2) is 19.5 Å². The van der Waals surface area contributed by atoms with E-state index >= 15 is 0 Å². The lowest BCUT2D eigenvalue weighted by Crippen LogP contribution is -2.00. The first-order chi connectivity index (χ1) is 27.7. The number of rotatable bonds is 6. The normalized spacial score (nSPS) is 11.6. The Kier molecular flexibility index (Phi) is 7.42. The second kappa shape index (κ2) is 13.0. The smallest absolute Gasteiger partial charge is 0.164 e. The molecule has 11 aromatic rings. The summed E-state index contributed by atoms with van der Waals surface area (Å²) in [5.74, 6) is 1.85. The lowest BCUT2D eigenvalue weighted by molar-refractivity contribution is 0.670. The highest BCUT2D eigenvalue weighted by atomic mass is 16.3. The molecule has 5 nitrogen and oxygen atoms in total. The standard InChI is InChI=1S/C51H32N4O/c1-4-13-33(14-5-1)34-23-25-36(26-24-34)50-52-49(35-15-6-2-7-16-35)53-51(54-50)38-28-30-47-44(32-38)42-21-12-20-40(48(42)56-47)37-27-29-46-43(31-37)41-19-10-11-22-45(41)55(46)39-17-8-3-9-18-39/h1-32H. The summed E-state index contributed by atoms with van der Waals surface area (Å²) in [7, 11) is 0. The Bertz CT molecular complexity index is 3220. The van der Waals surface area contributed by atoms with E-state index in [9.17, 15) is 0 Å². The Morgan fingerprint density at radius 1 is 0.339 bits per heavy atom. The van der Waals surface area contributed by atoms with Gasteiger partial charge in [-0.3, -0.25) is 0 Å². The van der Waals surface area contributed by atoms with Gasteiger partial charge in [-0.2, -0.15) is 0 Å². The van der Waals surface area contributed by atoms with Crippen molar-refractivity contribution in [3.63, 3.8) is 0 Å². The van der Waals surface area contributed by atoms with Crippen molar-refractivity contribution in [3.05, 3.63) is 194 Å². The fraction of sp³-hybridized carbons (Fsp3) is 0. The molecule has 3 aromatic heterocycles. The number of fused-ring (bicyclic) bond motifs is 6. The Morgan fingerprint density at radius 2 is 0.857 bits per heavy atom. The SMILES string of the molecule is c1ccc(-c2ccc(-c3nc(-c4ccccc4)nc(-c4ccc5oc6c(-c7ccc8c(c7)c7ccccc7n8-c7ccccc7)cccc6c5c4)n3)cc2)cc1. The Labute approximate surface area is 322 Å². The highest BCUT2D eigenvalue weighted by Gasteiger charge is 2.18. The molecule has 8 aromatic carbocycles. The van der Waals surface area contributed by atoms with Gasteiger partial charge in [-0.15, -0.1) is 0 Å². The van der Waals surface area contributed by atoms with Crippen LogP contribution in [0.2, 0.25) is 0 Å². The van der Waals surface area contributed by atoms with E-state index < -0.39 is 0 Å². The third-order valence-electron chi connectivity index (χ3n) is 10.7. The predicted molar refractivity (Wildman–Crippen MR) is 229 cm³/mol. The molecule has 0 saturated carbocycles. The molecule has 5 heteroatoms. The minimum absolute atomic E-state index is 0.605. The van der Waals surface area contributed by atoms with Crippen LogP contribution in [0.15, 0.2) is 199 Å². The Balaban J connectivity index is 1.03. The van der Waals surface area contributed by atoms with Crippen LogP contribution < -0.4 is 0 Å². The molecule has 0 saturated heterocycles. The van der Waals surface area contributed by atoms with E-state index in [0.29, 0.717) is 17.5 Å². The van der Waals surface area contributed by atoms with E-state index in [1.807, 2.05) is 48.5 Å². The fourth-order valence-corrected chi connectivity index (χ4v) is 7.95. The summed E-state index contributed by atoms with van der Waals surface area (Å²) in [4.78, 5) is 15.1. The van der Waals surface area contributed by atoms with E-state index in [-0.39, 0.29) is 0 Å². The highest BCUT2D eigenvalue weighted by molar-refractivity contribution is 6.13. The maximum Gasteiger partial charge on any atom is 0.164 e. The molecule has 0 N–H and O–H groups in total. The molecule has 0 amide bonds. The minimum Gasteiger partial charge on any atom is -0.455 e. The average Bonchev–Trinajstić information content (AvgIpc) is 3.82. The van der Waals surface area contributed by atoms with Crippen molar-refractivity contribution in [3.8, 4) is 62.1 Å². The number of aromatic nitrogens is 4. The molecule has 0 spiro atoms. The maximum absolute atomic E-state index is 6.68. The lowest BCUT2D eigenvalue weighted by atomic mass is 10.00. The van der Waals surface area contributed by atoms with Crippen LogP contribution in [0.1, 0.15) is 0 Å². The van der Waals surface area contributed by atoms with E-state index in [1.54, 1.807) is 0 Å². The van der Waals surface area contributed by atoms with Crippen LogP contribution in [-0.2, 0) is 0 Å². The number of furan rings is 1. The van der Waals surface area contributed by atoms with Gasteiger partial charge in [0, 0.05) is 49.5 Å². The van der Waals surface area contributed by atoms with Crippen molar-refractivity contribution < 1.29 is 4.42 Å². The second-order valence-corrected chi connectivity index (χ2v) is 14.0. The molecule has 0 atom stereocenters. The lowest BCUT2D eigenvalue weighted by Gasteiger charge is -2.09. The number of para-hydroxylation sites is 3. The first kappa shape index (κ1) is 31.9. The van der Waals surface area contributed by atoms with Gasteiger partial charge in [-0.1, -0.05) is 146 Å². The highest BCUT2D eigenvalue weighted by Crippen LogP contribution is 2.40. The third-order valence-corrected chi connectivity index (χ3v) is 10.7. The van der Waals surface area contributed by atoms with Gasteiger partial charge in [0.25, 0.3) is 0 Å². The summed E-state index contributed by atoms with van der Waals surface area (Å²) in [5, 5.41) is 4.47. The van der Waals surface area contributed by atoms with Crippen LogP contribution in [0.5, 0.6) is 0 Å². The van der Waals surface area contributed by atoms with Crippen molar-refractivity contribution in [2.45, 2.75) is 0 Å². The van der Waals surface area contributed by atoms with E-state index in [4.69, 9.17) is 19.4 Å². The summed E-state index contributed by atoms with van der Waals surface area (Å²) >= 11 is 0. The van der Waals surface area contributed by atoms with Crippen molar-refractivity contribution in [2.24, 2.45) is 0 Å². The fourth-order valence-electron chi connectivity index (χ4n) is 7.95. The van der Waals surface area contributed by atoms with Gasteiger partial charge >= 0.3 is 0 Å². The van der Waals surface area contributed by atoms with Gasteiger partial charge in [0.05, 0.1) is 11.0 Å². The van der Waals surface area contributed by atoms with Crippen molar-refractivity contribution in [2.75, 3.05) is 0 Å². The molecule has 56 heavy (non-hydrogen) atoms. The van der Waals surface area contributed by atoms with E-state index in [1.165, 1.54) is 27.4 Å². The molecule has 0 fully saturated rings. The predicted octanol–water partition coefficient (Wildman–Crippen LogP) is 13.2. The Morgan fingerprint density at radius 3 is 1.61 bits per heavy atom. The monoisotopic (exact) mass is 716 g/mol. The topological polar surface area (TPSA) is 56.7 Å². The second-order valence-electron chi connectivity index (χ2n) is 14.0. The van der Waals surface area contributed by atoms with E-state index in [2.05, 4.69) is 150 Å². The zero-order chi connectivity index (χ0) is 37.0. The first-order valence-corrected chi connectivity index (χ1v) is 18.8. The summed E-state index contributed by atoms with van der Waals surface area (Å²) < 4.78 is 9.02. The molecule has 0 aliphatic heterocycles. The van der Waals surface area contributed by atoms with Crippen molar-refractivity contribution in [1.29, 1.82) is 0 Å². The van der Waals surface area contributed by atoms with Crippen LogP contribution in [0.25, 0.3) is 106 Å². The zero-order valence-corrected chi connectivity index (χ0v) is 30.2. The van der Waals surface area contributed by atoms with E-state index in [0.717, 1.165) is 61.0 Å². The number of benzene rings is 8. The molecule has 262 valence electrons. The summed E-state index contributed by atoms with van der Waals surface area (Å²) in [5.41, 5.74) is 12.4. The van der Waals surface area contributed by atoms with Gasteiger partial charge in [-0.25, -0.2) is 15.0 Å². The number of nitrogens with zero attached hydrogens (tertiary/aromatic N) is 4. The average molecular weight is 717 g/mol. The summed E-state index contributed by atoms with van der Waals surface area (Å²) in [6, 6.07) is 67.4. The van der Waals surface area contributed by atoms with Gasteiger partial charge in [-0.05, 0) is 65.2 Å². The molecule has 11 rings (SSSR count). The van der Waals surface area contributed by atoms with Crippen molar-refractivity contribution >= 4 is 43.7 Å². The minimum atomic E-state index is 0.605. The molecule has 0 aliphatic carbocycles.